The zero-order valence-corrected chi connectivity index (χ0v) is 19.8. The fourth-order valence-corrected chi connectivity index (χ4v) is 4.53. The molecule has 0 bridgehead atoms. The van der Waals surface area contributed by atoms with E-state index in [0.29, 0.717) is 17.5 Å². The summed E-state index contributed by atoms with van der Waals surface area (Å²) in [4.78, 5) is 13.6. The van der Waals surface area contributed by atoms with Gasteiger partial charge in [-0.3, -0.25) is 4.79 Å². The maximum atomic E-state index is 12.5. The van der Waals surface area contributed by atoms with Crippen LogP contribution in [0.4, 0.5) is 11.4 Å². The van der Waals surface area contributed by atoms with Gasteiger partial charge in [0.15, 0.2) is 5.82 Å². The molecule has 0 aliphatic heterocycles. The molecule has 0 unspecified atom stereocenters. The second-order valence-corrected chi connectivity index (χ2v) is 8.97. The van der Waals surface area contributed by atoms with Gasteiger partial charge in [-0.1, -0.05) is 37.2 Å². The van der Waals surface area contributed by atoms with Crippen LogP contribution >= 0.6 is 23.5 Å². The molecule has 3 aromatic rings. The molecule has 3 rings (SSSR count). The van der Waals surface area contributed by atoms with Crippen LogP contribution in [0.3, 0.4) is 0 Å². The number of methoxy groups -OCH3 is 1. The van der Waals surface area contributed by atoms with Crippen LogP contribution in [0.25, 0.3) is 0 Å². The summed E-state index contributed by atoms with van der Waals surface area (Å²) in [7, 11) is 1.63. The van der Waals surface area contributed by atoms with Crippen LogP contribution in [0.15, 0.2) is 58.6 Å². The molecule has 4 N–H and O–H groups in total. The van der Waals surface area contributed by atoms with Crippen molar-refractivity contribution in [2.75, 3.05) is 35.1 Å². The van der Waals surface area contributed by atoms with Gasteiger partial charge < -0.3 is 21.2 Å². The van der Waals surface area contributed by atoms with E-state index < -0.39 is 0 Å². The third-order valence-electron chi connectivity index (χ3n) is 4.52. The second kappa shape index (κ2) is 12.3. The van der Waals surface area contributed by atoms with Crippen molar-refractivity contribution in [3.8, 4) is 5.75 Å². The number of nitrogens with two attached hydrogens (primary N) is 1. The zero-order chi connectivity index (χ0) is 22.8. The third-order valence-corrected chi connectivity index (χ3v) is 6.63. The van der Waals surface area contributed by atoms with Gasteiger partial charge in [-0.15, -0.1) is 22.0 Å². The highest BCUT2D eigenvalue weighted by molar-refractivity contribution is 8.00. The number of carbonyl (C=O) groups excluding carboxylic acids is 1. The number of para-hydroxylation sites is 1. The fraction of sp³-hybridized carbons (Fsp3) is 0.318. The van der Waals surface area contributed by atoms with Crippen molar-refractivity contribution in [3.05, 3.63) is 54.4 Å². The van der Waals surface area contributed by atoms with Crippen molar-refractivity contribution >= 4 is 40.8 Å². The number of hydrogen-bond donors (Lipinski definition) is 3. The molecule has 0 radical (unpaired) electrons. The van der Waals surface area contributed by atoms with E-state index in [1.54, 1.807) is 18.9 Å². The van der Waals surface area contributed by atoms with Gasteiger partial charge in [0, 0.05) is 10.6 Å². The number of carbonyl (C=O) groups is 1. The topological polar surface area (TPSA) is 107 Å². The molecule has 10 heteroatoms. The summed E-state index contributed by atoms with van der Waals surface area (Å²) >= 11 is 3.01. The monoisotopic (exact) mass is 472 g/mol. The third kappa shape index (κ3) is 6.83. The Bertz CT molecular complexity index is 1010. The Balaban J connectivity index is 1.50. The van der Waals surface area contributed by atoms with Gasteiger partial charge in [-0.05, 0) is 48.6 Å². The molecule has 0 aliphatic rings. The van der Waals surface area contributed by atoms with Crippen LogP contribution in [0.1, 0.15) is 25.6 Å². The molecule has 32 heavy (non-hydrogen) atoms. The van der Waals surface area contributed by atoms with Crippen molar-refractivity contribution in [1.82, 2.24) is 14.9 Å². The van der Waals surface area contributed by atoms with Gasteiger partial charge in [-0.25, -0.2) is 4.68 Å². The quantitative estimate of drug-likeness (QED) is 0.204. The number of rotatable bonds is 12. The standard InChI is InChI=1S/C22H28N6O2S2/c1-3-4-13-31-19-8-6-5-7-18(19)25-21(29)15-32-22-27-26-20(28(22)23)14-24-16-9-11-17(30-2)12-10-16/h5-12,24H,3-4,13-15,23H2,1-2H3,(H,25,29). The summed E-state index contributed by atoms with van der Waals surface area (Å²) in [6.45, 7) is 2.58. The number of benzene rings is 2. The first-order valence-corrected chi connectivity index (χ1v) is 12.3. The summed E-state index contributed by atoms with van der Waals surface area (Å²) < 4.78 is 6.56. The highest BCUT2D eigenvalue weighted by atomic mass is 32.2. The van der Waals surface area contributed by atoms with Gasteiger partial charge >= 0.3 is 0 Å². The number of hydrogen-bond acceptors (Lipinski definition) is 8. The molecular formula is C22H28N6O2S2. The van der Waals surface area contributed by atoms with Gasteiger partial charge in [0.1, 0.15) is 5.75 Å². The van der Waals surface area contributed by atoms with Gasteiger partial charge in [0.05, 0.1) is 25.1 Å². The largest absolute Gasteiger partial charge is 0.497 e. The first-order chi connectivity index (χ1) is 15.6. The van der Waals surface area contributed by atoms with Crippen LogP contribution < -0.4 is 21.2 Å². The van der Waals surface area contributed by atoms with Crippen molar-refractivity contribution in [2.45, 2.75) is 36.4 Å². The minimum Gasteiger partial charge on any atom is -0.497 e. The Morgan fingerprint density at radius 1 is 1.12 bits per heavy atom. The van der Waals surface area contributed by atoms with E-state index in [4.69, 9.17) is 10.6 Å². The SMILES string of the molecule is CCCCSc1ccccc1NC(=O)CSc1nnc(CNc2ccc(OC)cc2)n1N. The molecule has 1 heterocycles. The normalized spacial score (nSPS) is 10.7. The van der Waals surface area contributed by atoms with E-state index in [1.807, 2.05) is 48.5 Å². The second-order valence-electron chi connectivity index (χ2n) is 6.89. The van der Waals surface area contributed by atoms with E-state index in [2.05, 4.69) is 27.8 Å². The smallest absolute Gasteiger partial charge is 0.234 e. The van der Waals surface area contributed by atoms with Crippen molar-refractivity contribution in [1.29, 1.82) is 0 Å². The first kappa shape index (κ1) is 23.8. The number of nitrogen functional groups attached to an aromatic ring is 1. The number of amides is 1. The Kier molecular flexibility index (Phi) is 9.12. The predicted molar refractivity (Wildman–Crippen MR) is 132 cm³/mol. The lowest BCUT2D eigenvalue weighted by Crippen LogP contribution is -2.18. The predicted octanol–water partition coefficient (Wildman–Crippen LogP) is 4.24. The van der Waals surface area contributed by atoms with Gasteiger partial charge in [0.25, 0.3) is 0 Å². The average molecular weight is 473 g/mol. The molecule has 1 amide bonds. The van der Waals surface area contributed by atoms with Gasteiger partial charge in [-0.2, -0.15) is 0 Å². The molecule has 0 atom stereocenters. The lowest BCUT2D eigenvalue weighted by atomic mass is 10.3. The maximum Gasteiger partial charge on any atom is 0.234 e. The van der Waals surface area contributed by atoms with Gasteiger partial charge in [0.2, 0.25) is 11.1 Å². The van der Waals surface area contributed by atoms with E-state index in [0.717, 1.165) is 40.6 Å². The van der Waals surface area contributed by atoms with E-state index in [9.17, 15) is 4.79 Å². The minimum atomic E-state index is -0.112. The van der Waals surface area contributed by atoms with Crippen molar-refractivity contribution in [2.24, 2.45) is 0 Å². The highest BCUT2D eigenvalue weighted by Crippen LogP contribution is 2.28. The lowest BCUT2D eigenvalue weighted by molar-refractivity contribution is -0.113. The maximum absolute atomic E-state index is 12.5. The Labute approximate surface area is 196 Å². The molecular weight excluding hydrogens is 444 g/mol. The molecule has 0 spiro atoms. The molecule has 0 saturated carbocycles. The van der Waals surface area contributed by atoms with Crippen LogP contribution in [0.2, 0.25) is 0 Å². The number of anilines is 2. The summed E-state index contributed by atoms with van der Waals surface area (Å²) in [5.41, 5.74) is 1.75. The summed E-state index contributed by atoms with van der Waals surface area (Å²) in [6.07, 6.45) is 2.29. The molecule has 2 aromatic carbocycles. The minimum absolute atomic E-state index is 0.112. The number of aromatic nitrogens is 3. The molecule has 170 valence electrons. The molecule has 8 nitrogen and oxygen atoms in total. The Morgan fingerprint density at radius 2 is 1.91 bits per heavy atom. The number of thioether (sulfide) groups is 2. The fourth-order valence-electron chi connectivity index (χ4n) is 2.75. The van der Waals surface area contributed by atoms with Crippen molar-refractivity contribution in [3.63, 3.8) is 0 Å². The Hall–Kier alpha value is -2.85. The average Bonchev–Trinajstić information content (AvgIpc) is 3.17. The summed E-state index contributed by atoms with van der Waals surface area (Å²) in [5, 5.41) is 14.9. The number of nitrogens with one attached hydrogen (secondary N) is 2. The highest BCUT2D eigenvalue weighted by Gasteiger charge is 2.13. The summed E-state index contributed by atoms with van der Waals surface area (Å²) in [6, 6.07) is 15.4. The van der Waals surface area contributed by atoms with Crippen LogP contribution in [-0.2, 0) is 11.3 Å². The molecule has 0 aliphatic carbocycles. The molecule has 0 saturated heterocycles. The van der Waals surface area contributed by atoms with Crippen LogP contribution in [0.5, 0.6) is 5.75 Å². The molecule has 0 fully saturated rings. The van der Waals surface area contributed by atoms with E-state index in [-0.39, 0.29) is 11.7 Å². The van der Waals surface area contributed by atoms with Crippen molar-refractivity contribution < 1.29 is 9.53 Å². The number of ether oxygens (including phenoxy) is 1. The lowest BCUT2D eigenvalue weighted by Gasteiger charge is -2.10. The van der Waals surface area contributed by atoms with E-state index >= 15 is 0 Å². The zero-order valence-electron chi connectivity index (χ0n) is 18.2. The van der Waals surface area contributed by atoms with Crippen LogP contribution in [-0.4, -0.2) is 39.4 Å². The van der Waals surface area contributed by atoms with E-state index in [1.165, 1.54) is 16.4 Å². The first-order valence-electron chi connectivity index (χ1n) is 10.3. The summed E-state index contributed by atoms with van der Waals surface area (Å²) in [5.74, 6) is 8.59. The number of unbranched alkanes of at least 4 members (excludes halogenated alkanes) is 1. The Morgan fingerprint density at radius 3 is 2.66 bits per heavy atom. The van der Waals surface area contributed by atoms with Crippen LogP contribution in [0, 0.1) is 0 Å². The molecule has 1 aromatic heterocycles. The number of nitrogens with zero attached hydrogens (tertiary/aromatic N) is 3.